The quantitative estimate of drug-likeness (QED) is 0.482. The SMILES string of the molecule is CCN(CC(=O)O)C1CCN(C(C)C(=O)Nc2cccc([N+](=O)[O-])c2C)CC1.Cl. The Morgan fingerprint density at radius 2 is 2.00 bits per heavy atom. The molecule has 1 aliphatic rings. The van der Waals surface area contributed by atoms with E-state index in [4.69, 9.17) is 5.11 Å². The summed E-state index contributed by atoms with van der Waals surface area (Å²) in [6.45, 7) is 7.49. The van der Waals surface area contributed by atoms with E-state index in [1.54, 1.807) is 19.1 Å². The van der Waals surface area contributed by atoms with Gasteiger partial charge in [-0.3, -0.25) is 29.5 Å². The van der Waals surface area contributed by atoms with Crippen molar-refractivity contribution in [2.75, 3.05) is 31.5 Å². The number of carboxylic acid groups (broad SMARTS) is 1. The molecule has 1 saturated heterocycles. The van der Waals surface area contributed by atoms with Crippen molar-refractivity contribution in [1.29, 1.82) is 0 Å². The van der Waals surface area contributed by atoms with Crippen LogP contribution in [0, 0.1) is 17.0 Å². The van der Waals surface area contributed by atoms with Gasteiger partial charge in [0, 0.05) is 25.2 Å². The molecule has 1 atom stereocenters. The molecule has 1 aliphatic heterocycles. The number of piperidine rings is 1. The average Bonchev–Trinajstić information content (AvgIpc) is 2.66. The van der Waals surface area contributed by atoms with E-state index in [1.807, 2.05) is 18.7 Å². The Labute approximate surface area is 176 Å². The second kappa shape index (κ2) is 11.1. The molecule has 1 amide bonds. The third-order valence-corrected chi connectivity index (χ3v) is 5.45. The molecule has 9 nitrogen and oxygen atoms in total. The molecule has 1 heterocycles. The number of hydrogen-bond donors (Lipinski definition) is 2. The largest absolute Gasteiger partial charge is 0.480 e. The summed E-state index contributed by atoms with van der Waals surface area (Å²) in [4.78, 5) is 38.3. The van der Waals surface area contributed by atoms with Gasteiger partial charge in [-0.15, -0.1) is 12.4 Å². The van der Waals surface area contributed by atoms with E-state index in [0.29, 0.717) is 30.9 Å². The highest BCUT2D eigenvalue weighted by Crippen LogP contribution is 2.26. The molecule has 0 aliphatic carbocycles. The van der Waals surface area contributed by atoms with E-state index < -0.39 is 10.9 Å². The molecule has 0 radical (unpaired) electrons. The lowest BCUT2D eigenvalue weighted by Gasteiger charge is -2.39. The molecule has 2 N–H and O–H groups in total. The molecule has 162 valence electrons. The zero-order valence-corrected chi connectivity index (χ0v) is 17.8. The van der Waals surface area contributed by atoms with E-state index in [0.717, 1.165) is 12.8 Å². The van der Waals surface area contributed by atoms with Gasteiger partial charge >= 0.3 is 5.97 Å². The number of carbonyl (C=O) groups is 2. The fraction of sp³-hybridized carbons (Fsp3) is 0.579. The first-order chi connectivity index (χ1) is 13.2. The van der Waals surface area contributed by atoms with E-state index in [2.05, 4.69) is 10.2 Å². The number of carboxylic acids is 1. The van der Waals surface area contributed by atoms with Crippen molar-refractivity contribution in [3.8, 4) is 0 Å². The monoisotopic (exact) mass is 428 g/mol. The van der Waals surface area contributed by atoms with Gasteiger partial charge < -0.3 is 10.4 Å². The van der Waals surface area contributed by atoms with Crippen molar-refractivity contribution in [3.63, 3.8) is 0 Å². The molecular weight excluding hydrogens is 400 g/mol. The van der Waals surface area contributed by atoms with Gasteiger partial charge in [-0.25, -0.2) is 0 Å². The van der Waals surface area contributed by atoms with Gasteiger partial charge in [0.05, 0.1) is 28.8 Å². The Balaban J connectivity index is 0.00000420. The highest BCUT2D eigenvalue weighted by Gasteiger charge is 2.30. The third-order valence-electron chi connectivity index (χ3n) is 5.45. The summed E-state index contributed by atoms with van der Waals surface area (Å²) < 4.78 is 0. The number of benzene rings is 1. The Morgan fingerprint density at radius 1 is 1.38 bits per heavy atom. The Hall–Kier alpha value is -2.23. The number of nitro benzene ring substituents is 1. The fourth-order valence-corrected chi connectivity index (χ4v) is 3.67. The van der Waals surface area contributed by atoms with Crippen LogP contribution in [-0.2, 0) is 9.59 Å². The maximum absolute atomic E-state index is 12.7. The minimum atomic E-state index is -0.829. The molecule has 1 aromatic rings. The van der Waals surface area contributed by atoms with Crippen LogP contribution in [0.4, 0.5) is 11.4 Å². The van der Waals surface area contributed by atoms with Crippen molar-refractivity contribution < 1.29 is 19.6 Å². The Morgan fingerprint density at radius 3 is 2.52 bits per heavy atom. The first-order valence-corrected chi connectivity index (χ1v) is 9.49. The number of hydrogen-bond acceptors (Lipinski definition) is 6. The van der Waals surface area contributed by atoms with E-state index in [-0.39, 0.29) is 42.6 Å². The standard InChI is InChI=1S/C19H28N4O5.ClH/c1-4-21(12-18(24)25)15-8-10-22(11-9-15)14(3)19(26)20-16-6-5-7-17(13(16)2)23(27)28;/h5-7,14-15H,4,8-12H2,1-3H3,(H,20,26)(H,24,25);1H. The average molecular weight is 429 g/mol. The molecule has 0 saturated carbocycles. The van der Waals surface area contributed by atoms with Crippen LogP contribution < -0.4 is 5.32 Å². The molecule has 0 aromatic heterocycles. The van der Waals surface area contributed by atoms with Crippen LogP contribution >= 0.6 is 12.4 Å². The van der Waals surface area contributed by atoms with E-state index >= 15 is 0 Å². The van der Waals surface area contributed by atoms with Gasteiger partial charge in [-0.2, -0.15) is 0 Å². The smallest absolute Gasteiger partial charge is 0.317 e. The van der Waals surface area contributed by atoms with Crippen molar-refractivity contribution >= 4 is 35.7 Å². The van der Waals surface area contributed by atoms with Crippen LogP contribution in [0.5, 0.6) is 0 Å². The second-order valence-electron chi connectivity index (χ2n) is 7.10. The molecule has 10 heteroatoms. The number of likely N-dealkylation sites (N-methyl/N-ethyl adjacent to an activating group) is 1. The zero-order valence-electron chi connectivity index (χ0n) is 17.0. The number of likely N-dealkylation sites (tertiary alicyclic amines) is 1. The van der Waals surface area contributed by atoms with Crippen LogP contribution in [0.2, 0.25) is 0 Å². The third kappa shape index (κ3) is 6.38. The van der Waals surface area contributed by atoms with Crippen molar-refractivity contribution in [1.82, 2.24) is 9.80 Å². The normalized spacial score (nSPS) is 16.1. The lowest BCUT2D eigenvalue weighted by atomic mass is 10.0. The van der Waals surface area contributed by atoms with Crippen molar-refractivity contribution in [2.24, 2.45) is 0 Å². The maximum Gasteiger partial charge on any atom is 0.317 e. The minimum absolute atomic E-state index is 0. The summed E-state index contributed by atoms with van der Waals surface area (Å²) in [5.41, 5.74) is 0.850. The fourth-order valence-electron chi connectivity index (χ4n) is 3.67. The highest BCUT2D eigenvalue weighted by molar-refractivity contribution is 5.95. The number of carbonyl (C=O) groups excluding carboxylic acids is 1. The van der Waals surface area contributed by atoms with Crippen LogP contribution in [0.1, 0.15) is 32.3 Å². The summed E-state index contributed by atoms with van der Waals surface area (Å²) in [6.07, 6.45) is 1.60. The second-order valence-corrected chi connectivity index (χ2v) is 7.10. The minimum Gasteiger partial charge on any atom is -0.480 e. The number of halogens is 1. The lowest BCUT2D eigenvalue weighted by Crippen LogP contribution is -2.51. The molecular formula is C19H29ClN4O5. The number of anilines is 1. The van der Waals surface area contributed by atoms with Crippen molar-refractivity contribution in [3.05, 3.63) is 33.9 Å². The number of nitrogens with zero attached hydrogens (tertiary/aromatic N) is 3. The van der Waals surface area contributed by atoms with Crippen LogP contribution in [-0.4, -0.2) is 70.0 Å². The summed E-state index contributed by atoms with van der Waals surface area (Å²) >= 11 is 0. The van der Waals surface area contributed by atoms with E-state index in [1.165, 1.54) is 6.07 Å². The number of amides is 1. The molecule has 2 rings (SSSR count). The summed E-state index contributed by atoms with van der Waals surface area (Å²) in [6, 6.07) is 4.44. The number of aliphatic carboxylic acids is 1. The molecule has 29 heavy (non-hydrogen) atoms. The van der Waals surface area contributed by atoms with Crippen molar-refractivity contribution in [2.45, 2.75) is 45.7 Å². The Bertz CT molecular complexity index is 737. The highest BCUT2D eigenvalue weighted by atomic mass is 35.5. The maximum atomic E-state index is 12.7. The van der Waals surface area contributed by atoms with Gasteiger partial charge in [0.15, 0.2) is 0 Å². The van der Waals surface area contributed by atoms with Gasteiger partial charge in [0.25, 0.3) is 5.69 Å². The van der Waals surface area contributed by atoms with Gasteiger partial charge in [-0.1, -0.05) is 13.0 Å². The van der Waals surface area contributed by atoms with Crippen LogP contribution in [0.25, 0.3) is 0 Å². The topological polar surface area (TPSA) is 116 Å². The van der Waals surface area contributed by atoms with Gasteiger partial charge in [0.2, 0.25) is 5.91 Å². The predicted octanol–water partition coefficient (Wildman–Crippen LogP) is 2.52. The zero-order chi connectivity index (χ0) is 20.8. The molecule has 1 fully saturated rings. The predicted molar refractivity (Wildman–Crippen MR) is 113 cm³/mol. The first kappa shape index (κ1) is 24.8. The molecule has 1 aromatic carbocycles. The molecule has 0 spiro atoms. The number of nitrogens with one attached hydrogen (secondary N) is 1. The first-order valence-electron chi connectivity index (χ1n) is 9.49. The van der Waals surface area contributed by atoms with Gasteiger partial charge in [0.1, 0.15) is 0 Å². The summed E-state index contributed by atoms with van der Waals surface area (Å²) in [7, 11) is 0. The van der Waals surface area contributed by atoms with Crippen LogP contribution in [0.3, 0.4) is 0 Å². The van der Waals surface area contributed by atoms with E-state index in [9.17, 15) is 19.7 Å². The summed E-state index contributed by atoms with van der Waals surface area (Å²) in [5.74, 6) is -1.04. The molecule has 1 unspecified atom stereocenters. The van der Waals surface area contributed by atoms with Crippen LogP contribution in [0.15, 0.2) is 18.2 Å². The number of nitro groups is 1. The Kier molecular flexibility index (Phi) is 9.48. The van der Waals surface area contributed by atoms with Gasteiger partial charge in [-0.05, 0) is 39.3 Å². The molecule has 0 bridgehead atoms. The number of rotatable bonds is 8. The lowest BCUT2D eigenvalue weighted by molar-refractivity contribution is -0.385. The summed E-state index contributed by atoms with van der Waals surface area (Å²) in [5, 5.41) is 22.9.